The summed E-state index contributed by atoms with van der Waals surface area (Å²) in [6, 6.07) is 0. The van der Waals surface area contributed by atoms with Crippen LogP contribution in [0.5, 0.6) is 0 Å². The largest absolute Gasteiger partial charge is 0.295 e. The van der Waals surface area contributed by atoms with Crippen molar-refractivity contribution in [3.63, 3.8) is 0 Å². The van der Waals surface area contributed by atoms with Crippen LogP contribution in [-0.4, -0.2) is 5.78 Å². The van der Waals surface area contributed by atoms with Crippen LogP contribution < -0.4 is 0 Å². The van der Waals surface area contributed by atoms with E-state index in [1.54, 1.807) is 0 Å². The molecule has 0 unspecified atom stereocenters. The number of carbonyl (C=O) groups excluding carboxylic acids is 1. The van der Waals surface area contributed by atoms with E-state index in [1.165, 1.54) is 19.3 Å². The van der Waals surface area contributed by atoms with Gasteiger partial charge in [0, 0.05) is 6.42 Å². The predicted octanol–water partition coefficient (Wildman–Crippen LogP) is 3.80. The van der Waals surface area contributed by atoms with Crippen LogP contribution in [0.1, 0.15) is 51.4 Å². The molecule has 78 valence electrons. The molecule has 0 N–H and O–H groups in total. The molecule has 0 aromatic rings. The smallest absolute Gasteiger partial charge is 0.158 e. The van der Waals surface area contributed by atoms with Crippen molar-refractivity contribution in [3.05, 3.63) is 24.3 Å². The molecule has 0 aromatic carbocycles. The number of carbonyl (C=O) groups is 1. The Morgan fingerprint density at radius 2 is 2.29 bits per heavy atom. The summed E-state index contributed by atoms with van der Waals surface area (Å²) >= 11 is 0. The van der Waals surface area contributed by atoms with E-state index in [9.17, 15) is 4.79 Å². The first-order chi connectivity index (χ1) is 6.84. The maximum absolute atomic E-state index is 11.7. The Balaban J connectivity index is 2.34. The number of Topliss-reactive ketones (excluding diaryl/α,β-unsaturated/α-hetero) is 1. The summed E-state index contributed by atoms with van der Waals surface area (Å²) in [5.74, 6) is 0.369. The van der Waals surface area contributed by atoms with E-state index in [4.69, 9.17) is 0 Å². The summed E-state index contributed by atoms with van der Waals surface area (Å²) in [4.78, 5) is 11.7. The van der Waals surface area contributed by atoms with Crippen molar-refractivity contribution >= 4 is 5.78 Å². The SMILES string of the molecule is C=CCCCC(=O)C1=CCCCCC1. The minimum atomic E-state index is 0.369. The Morgan fingerprint density at radius 3 is 3.07 bits per heavy atom. The summed E-state index contributed by atoms with van der Waals surface area (Å²) in [6.07, 6.45) is 12.5. The maximum atomic E-state index is 11.7. The average Bonchev–Trinajstić information content (AvgIpc) is 2.46. The molecule has 1 aliphatic carbocycles. The topological polar surface area (TPSA) is 17.1 Å². The van der Waals surface area contributed by atoms with Crippen molar-refractivity contribution in [2.24, 2.45) is 0 Å². The normalized spacial score (nSPS) is 17.0. The van der Waals surface area contributed by atoms with Crippen LogP contribution in [0.2, 0.25) is 0 Å². The van der Waals surface area contributed by atoms with Crippen molar-refractivity contribution in [2.45, 2.75) is 51.4 Å². The van der Waals surface area contributed by atoms with Crippen molar-refractivity contribution in [1.29, 1.82) is 0 Å². The number of hydrogen-bond donors (Lipinski definition) is 0. The standard InChI is InChI=1S/C13H20O/c1-2-3-6-11-13(14)12-9-7-4-5-8-10-12/h2,9H,1,3-8,10-11H2. The third-order valence-corrected chi connectivity index (χ3v) is 2.71. The van der Waals surface area contributed by atoms with E-state index < -0.39 is 0 Å². The van der Waals surface area contributed by atoms with Gasteiger partial charge in [-0.05, 0) is 44.1 Å². The van der Waals surface area contributed by atoms with Gasteiger partial charge >= 0.3 is 0 Å². The lowest BCUT2D eigenvalue weighted by atomic mass is 10.0. The van der Waals surface area contributed by atoms with Gasteiger partial charge in [0.2, 0.25) is 0 Å². The Kier molecular flexibility index (Phi) is 5.28. The molecule has 0 bridgehead atoms. The lowest BCUT2D eigenvalue weighted by Gasteiger charge is -2.03. The highest BCUT2D eigenvalue weighted by atomic mass is 16.1. The number of unbranched alkanes of at least 4 members (excludes halogenated alkanes) is 1. The fraction of sp³-hybridized carbons (Fsp3) is 0.615. The van der Waals surface area contributed by atoms with Gasteiger partial charge in [-0.25, -0.2) is 0 Å². The van der Waals surface area contributed by atoms with E-state index >= 15 is 0 Å². The zero-order valence-corrected chi connectivity index (χ0v) is 8.93. The van der Waals surface area contributed by atoms with Gasteiger partial charge in [-0.1, -0.05) is 18.6 Å². The molecule has 14 heavy (non-hydrogen) atoms. The highest BCUT2D eigenvalue weighted by Gasteiger charge is 2.10. The van der Waals surface area contributed by atoms with Crippen LogP contribution in [-0.2, 0) is 4.79 Å². The van der Waals surface area contributed by atoms with Crippen molar-refractivity contribution in [3.8, 4) is 0 Å². The third-order valence-electron chi connectivity index (χ3n) is 2.71. The molecular weight excluding hydrogens is 172 g/mol. The molecule has 1 aliphatic rings. The van der Waals surface area contributed by atoms with Crippen molar-refractivity contribution in [1.82, 2.24) is 0 Å². The molecule has 0 heterocycles. The number of ketones is 1. The third kappa shape index (κ3) is 3.91. The average molecular weight is 192 g/mol. The molecule has 0 aromatic heterocycles. The van der Waals surface area contributed by atoms with E-state index in [2.05, 4.69) is 12.7 Å². The quantitative estimate of drug-likeness (QED) is 0.478. The summed E-state index contributed by atoms with van der Waals surface area (Å²) < 4.78 is 0. The zero-order chi connectivity index (χ0) is 10.2. The number of allylic oxidation sites excluding steroid dienone is 3. The Morgan fingerprint density at radius 1 is 1.43 bits per heavy atom. The van der Waals surface area contributed by atoms with Gasteiger partial charge in [0.05, 0.1) is 0 Å². The van der Waals surface area contributed by atoms with Gasteiger partial charge in [0.25, 0.3) is 0 Å². The van der Waals surface area contributed by atoms with E-state index in [0.29, 0.717) is 12.2 Å². The van der Waals surface area contributed by atoms with E-state index in [-0.39, 0.29) is 0 Å². The molecule has 0 amide bonds. The molecule has 0 fully saturated rings. The van der Waals surface area contributed by atoms with Gasteiger partial charge in [-0.15, -0.1) is 6.58 Å². The van der Waals surface area contributed by atoms with Gasteiger partial charge < -0.3 is 0 Å². The van der Waals surface area contributed by atoms with Crippen molar-refractivity contribution < 1.29 is 4.79 Å². The van der Waals surface area contributed by atoms with Crippen LogP contribution in [0.4, 0.5) is 0 Å². The minimum absolute atomic E-state index is 0.369. The second-order valence-corrected chi connectivity index (χ2v) is 3.93. The molecule has 0 atom stereocenters. The number of hydrogen-bond acceptors (Lipinski definition) is 1. The molecule has 0 saturated carbocycles. The summed E-state index contributed by atoms with van der Waals surface area (Å²) in [6.45, 7) is 3.66. The lowest BCUT2D eigenvalue weighted by Crippen LogP contribution is -2.01. The predicted molar refractivity (Wildman–Crippen MR) is 60.2 cm³/mol. The summed E-state index contributed by atoms with van der Waals surface area (Å²) in [5.41, 5.74) is 1.09. The monoisotopic (exact) mass is 192 g/mol. The highest BCUT2D eigenvalue weighted by Crippen LogP contribution is 2.19. The first kappa shape index (κ1) is 11.2. The second kappa shape index (κ2) is 6.58. The molecule has 1 heteroatoms. The van der Waals surface area contributed by atoms with Gasteiger partial charge in [-0.2, -0.15) is 0 Å². The Hall–Kier alpha value is -0.850. The molecule has 0 aliphatic heterocycles. The maximum Gasteiger partial charge on any atom is 0.158 e. The fourth-order valence-electron chi connectivity index (χ4n) is 1.84. The number of rotatable bonds is 5. The van der Waals surface area contributed by atoms with Crippen LogP contribution in [0.25, 0.3) is 0 Å². The van der Waals surface area contributed by atoms with Crippen LogP contribution in [0.15, 0.2) is 24.3 Å². The molecule has 0 radical (unpaired) electrons. The van der Waals surface area contributed by atoms with Crippen molar-refractivity contribution in [2.75, 3.05) is 0 Å². The first-order valence-electron chi connectivity index (χ1n) is 5.67. The summed E-state index contributed by atoms with van der Waals surface area (Å²) in [7, 11) is 0. The summed E-state index contributed by atoms with van der Waals surface area (Å²) in [5, 5.41) is 0. The minimum Gasteiger partial charge on any atom is -0.295 e. The van der Waals surface area contributed by atoms with Gasteiger partial charge in [0.1, 0.15) is 0 Å². The van der Waals surface area contributed by atoms with Gasteiger partial charge in [0.15, 0.2) is 5.78 Å². The lowest BCUT2D eigenvalue weighted by molar-refractivity contribution is -0.115. The van der Waals surface area contributed by atoms with E-state index in [1.807, 2.05) is 6.08 Å². The van der Waals surface area contributed by atoms with Crippen LogP contribution >= 0.6 is 0 Å². The van der Waals surface area contributed by atoms with E-state index in [0.717, 1.165) is 31.3 Å². The first-order valence-corrected chi connectivity index (χ1v) is 5.67. The molecule has 0 spiro atoms. The Bertz CT molecular complexity index is 225. The van der Waals surface area contributed by atoms with Crippen LogP contribution in [0, 0.1) is 0 Å². The fourth-order valence-corrected chi connectivity index (χ4v) is 1.84. The zero-order valence-electron chi connectivity index (χ0n) is 8.93. The van der Waals surface area contributed by atoms with Gasteiger partial charge in [-0.3, -0.25) is 4.79 Å². The molecule has 1 rings (SSSR count). The molecule has 0 saturated heterocycles. The molecule has 1 nitrogen and oxygen atoms in total. The Labute approximate surface area is 86.9 Å². The highest BCUT2D eigenvalue weighted by molar-refractivity contribution is 5.95. The second-order valence-electron chi connectivity index (χ2n) is 3.93. The molecular formula is C13H20O. The van der Waals surface area contributed by atoms with Crippen LogP contribution in [0.3, 0.4) is 0 Å².